The molecule has 2 aromatic heterocycles. The molecule has 2 heterocycles. The summed E-state index contributed by atoms with van der Waals surface area (Å²) in [6, 6.07) is 3.68. The Morgan fingerprint density at radius 1 is 1.48 bits per heavy atom. The fourth-order valence-electron chi connectivity index (χ4n) is 2.97. The van der Waals surface area contributed by atoms with E-state index in [0.29, 0.717) is 18.7 Å². The lowest BCUT2D eigenvalue weighted by Crippen LogP contribution is -2.34. The molecule has 0 bridgehead atoms. The third kappa shape index (κ3) is 8.90. The molecule has 13 heteroatoms. The summed E-state index contributed by atoms with van der Waals surface area (Å²) < 4.78 is 45.1. The number of aromatic nitrogens is 3. The summed E-state index contributed by atoms with van der Waals surface area (Å²) in [5.41, 5.74) is 2.23. The van der Waals surface area contributed by atoms with Crippen LogP contribution in [0, 0.1) is 12.8 Å². The Morgan fingerprint density at radius 3 is 2.67 bits per heavy atom. The summed E-state index contributed by atoms with van der Waals surface area (Å²) in [6.45, 7) is 3.98. The van der Waals surface area contributed by atoms with Crippen LogP contribution in [0.3, 0.4) is 0 Å². The Morgan fingerprint density at radius 2 is 2.18 bits per heavy atom. The molecule has 0 aliphatic heterocycles. The van der Waals surface area contributed by atoms with Crippen LogP contribution >= 0.6 is 23.2 Å². The number of aryl methyl sites for hydroxylation is 1. The van der Waals surface area contributed by atoms with Crippen LogP contribution in [0.2, 0.25) is 0 Å². The summed E-state index contributed by atoms with van der Waals surface area (Å²) >= 11 is 9.09. The van der Waals surface area contributed by atoms with Gasteiger partial charge in [-0.1, -0.05) is 11.1 Å². The first kappa shape index (κ1) is 27.6. The van der Waals surface area contributed by atoms with Gasteiger partial charge in [-0.15, -0.1) is 23.2 Å². The molecule has 1 fully saturated rings. The van der Waals surface area contributed by atoms with E-state index in [1.54, 1.807) is 28.2 Å². The summed E-state index contributed by atoms with van der Waals surface area (Å²) in [7, 11) is 0. The van der Waals surface area contributed by atoms with Gasteiger partial charge in [0, 0.05) is 37.4 Å². The van der Waals surface area contributed by atoms with E-state index < -0.39 is 28.4 Å². The maximum atomic E-state index is 12.4. The molecule has 1 aliphatic carbocycles. The lowest BCUT2D eigenvalue weighted by molar-refractivity contribution is -0.118. The number of hydrogen-bond acceptors (Lipinski definition) is 6. The minimum absolute atomic E-state index is 0.0424. The number of hydrogen-bond donors (Lipinski definition) is 1. The third-order valence-corrected chi connectivity index (χ3v) is 6.40. The average Bonchev–Trinajstić information content (AvgIpc) is 3.15. The number of halogens is 4. The SMILES string of the molecule is CCN(C(=O)CCNCC(F)F)c1cn(-c2cccnc2)nc1C.O=S([O-])CC1CC1(Cl)Cl. The van der Waals surface area contributed by atoms with Gasteiger partial charge in [-0.05, 0) is 32.4 Å². The van der Waals surface area contributed by atoms with Crippen LogP contribution in [0.25, 0.3) is 5.69 Å². The molecule has 1 saturated carbocycles. The van der Waals surface area contributed by atoms with E-state index in [1.165, 1.54) is 0 Å². The quantitative estimate of drug-likeness (QED) is 0.290. The van der Waals surface area contributed by atoms with Gasteiger partial charge in [-0.25, -0.2) is 13.5 Å². The number of amides is 1. The second-order valence-corrected chi connectivity index (χ2v) is 9.85. The zero-order valence-electron chi connectivity index (χ0n) is 18.2. The zero-order chi connectivity index (χ0) is 24.6. The molecule has 2 atom stereocenters. The van der Waals surface area contributed by atoms with Crippen molar-refractivity contribution < 1.29 is 22.3 Å². The van der Waals surface area contributed by atoms with Crippen molar-refractivity contribution in [3.63, 3.8) is 0 Å². The molecule has 2 aromatic rings. The molecule has 184 valence electrons. The molecule has 0 saturated heterocycles. The van der Waals surface area contributed by atoms with Crippen LogP contribution in [-0.4, -0.2) is 65.6 Å². The fourth-order valence-corrected chi connectivity index (χ4v) is 4.42. The Hall–Kier alpha value is -1.66. The molecule has 3 rings (SSSR count). The lowest BCUT2D eigenvalue weighted by atomic mass is 10.3. The van der Waals surface area contributed by atoms with Gasteiger partial charge in [0.1, 0.15) is 4.33 Å². The third-order valence-electron chi connectivity index (χ3n) is 4.80. The van der Waals surface area contributed by atoms with Crippen molar-refractivity contribution in [3.05, 3.63) is 36.4 Å². The predicted octanol–water partition coefficient (Wildman–Crippen LogP) is 3.23. The first-order valence-corrected chi connectivity index (χ1v) is 12.2. The molecule has 33 heavy (non-hydrogen) atoms. The number of anilines is 1. The van der Waals surface area contributed by atoms with Gasteiger partial charge in [0.15, 0.2) is 0 Å². The summed E-state index contributed by atoms with van der Waals surface area (Å²) in [4.78, 5) is 18.0. The standard InChI is InChI=1S/C16H21F2N5O.C4H6Cl2O2S/c1-3-22(16(24)6-8-20-10-15(17)18)14-11-23(21-12(14)2)13-5-4-7-19-9-13;5-4(6)1-3(4)2-9(7)8/h4-5,7,9,11,15,20H,3,6,8,10H2,1-2H3;3H,1-2H2,(H,7,8)/p-1. The molecule has 1 amide bonds. The molecule has 1 aliphatic rings. The Balaban J connectivity index is 0.000000357. The van der Waals surface area contributed by atoms with Crippen molar-refractivity contribution in [1.82, 2.24) is 20.1 Å². The van der Waals surface area contributed by atoms with Crippen LogP contribution in [0.4, 0.5) is 14.5 Å². The van der Waals surface area contributed by atoms with Crippen molar-refractivity contribution >= 4 is 45.9 Å². The zero-order valence-corrected chi connectivity index (χ0v) is 20.5. The maximum absolute atomic E-state index is 12.4. The second-order valence-electron chi connectivity index (χ2n) is 7.37. The Kier molecular flexibility index (Phi) is 10.6. The van der Waals surface area contributed by atoms with E-state index in [4.69, 9.17) is 23.2 Å². The van der Waals surface area contributed by atoms with Crippen LogP contribution in [-0.2, 0) is 15.9 Å². The van der Waals surface area contributed by atoms with E-state index in [-0.39, 0.29) is 30.5 Å². The molecular weight excluding hydrogens is 499 g/mol. The number of nitrogens with zero attached hydrogens (tertiary/aromatic N) is 4. The average molecular weight is 525 g/mol. The highest BCUT2D eigenvalue weighted by molar-refractivity contribution is 7.79. The Labute approximate surface area is 203 Å². The number of nitrogens with one attached hydrogen (secondary N) is 1. The second kappa shape index (κ2) is 12.7. The predicted molar refractivity (Wildman–Crippen MR) is 124 cm³/mol. The minimum atomic E-state index is -2.41. The van der Waals surface area contributed by atoms with Gasteiger partial charge in [0.25, 0.3) is 6.43 Å². The van der Waals surface area contributed by atoms with Gasteiger partial charge in [-0.3, -0.25) is 14.0 Å². The number of pyridine rings is 1. The monoisotopic (exact) mass is 524 g/mol. The largest absolute Gasteiger partial charge is 0.772 e. The first-order chi connectivity index (χ1) is 15.5. The molecule has 1 N–H and O–H groups in total. The number of alkyl halides is 4. The van der Waals surface area contributed by atoms with Crippen molar-refractivity contribution in [3.8, 4) is 5.69 Å². The molecule has 0 aromatic carbocycles. The maximum Gasteiger partial charge on any atom is 0.250 e. The Bertz CT molecular complexity index is 934. The molecule has 0 spiro atoms. The summed E-state index contributed by atoms with van der Waals surface area (Å²) in [5.74, 6) is -0.0835. The van der Waals surface area contributed by atoms with E-state index in [9.17, 15) is 22.3 Å². The molecular formula is C20H26Cl2F2N5O3S-. The topological polar surface area (TPSA) is 103 Å². The fraction of sp³-hybridized carbons (Fsp3) is 0.550. The molecule has 0 radical (unpaired) electrons. The minimum Gasteiger partial charge on any atom is -0.772 e. The highest BCUT2D eigenvalue weighted by Crippen LogP contribution is 2.53. The van der Waals surface area contributed by atoms with E-state index in [2.05, 4.69) is 15.4 Å². The van der Waals surface area contributed by atoms with Crippen LogP contribution in [0.1, 0.15) is 25.5 Å². The normalized spacial score (nSPS) is 17.3. The van der Waals surface area contributed by atoms with Crippen molar-refractivity contribution in [2.24, 2.45) is 5.92 Å². The summed E-state index contributed by atoms with van der Waals surface area (Å²) in [5, 5.41) is 6.98. The van der Waals surface area contributed by atoms with Gasteiger partial charge in [-0.2, -0.15) is 5.10 Å². The van der Waals surface area contributed by atoms with Gasteiger partial charge in [0.05, 0.1) is 36.0 Å². The van der Waals surface area contributed by atoms with Crippen LogP contribution in [0.5, 0.6) is 0 Å². The van der Waals surface area contributed by atoms with E-state index in [0.717, 1.165) is 11.4 Å². The van der Waals surface area contributed by atoms with Gasteiger partial charge >= 0.3 is 0 Å². The molecule has 8 nitrogen and oxygen atoms in total. The number of carbonyl (C=O) groups excluding carboxylic acids is 1. The van der Waals surface area contributed by atoms with Gasteiger partial charge in [0.2, 0.25) is 5.91 Å². The van der Waals surface area contributed by atoms with E-state index in [1.807, 2.05) is 26.0 Å². The smallest absolute Gasteiger partial charge is 0.250 e. The number of rotatable bonds is 10. The van der Waals surface area contributed by atoms with Crippen molar-refractivity contribution in [1.29, 1.82) is 0 Å². The van der Waals surface area contributed by atoms with Crippen LogP contribution < -0.4 is 10.2 Å². The van der Waals surface area contributed by atoms with Crippen molar-refractivity contribution in [2.75, 3.05) is 30.3 Å². The van der Waals surface area contributed by atoms with E-state index >= 15 is 0 Å². The highest BCUT2D eigenvalue weighted by Gasteiger charge is 2.51. The van der Waals surface area contributed by atoms with Gasteiger partial charge < -0.3 is 14.8 Å². The lowest BCUT2D eigenvalue weighted by Gasteiger charge is -2.20. The first-order valence-electron chi connectivity index (χ1n) is 10.2. The highest BCUT2D eigenvalue weighted by atomic mass is 35.5. The molecule has 2 unspecified atom stereocenters. The van der Waals surface area contributed by atoms with Crippen molar-refractivity contribution in [2.45, 2.75) is 37.4 Å². The number of carbonyl (C=O) groups is 1. The summed E-state index contributed by atoms with van der Waals surface area (Å²) in [6.07, 6.45) is 3.47. The van der Waals surface area contributed by atoms with Crippen LogP contribution in [0.15, 0.2) is 30.7 Å².